The molecule has 0 spiro atoms. The minimum atomic E-state index is -0.763. The van der Waals surface area contributed by atoms with Crippen LogP contribution < -0.4 is 20.1 Å². The van der Waals surface area contributed by atoms with Crippen molar-refractivity contribution in [1.82, 2.24) is 10.6 Å². The second-order valence-corrected chi connectivity index (χ2v) is 6.19. The van der Waals surface area contributed by atoms with E-state index in [2.05, 4.69) is 10.6 Å². The lowest BCUT2D eigenvalue weighted by Crippen LogP contribution is -2.59. The van der Waals surface area contributed by atoms with Crippen molar-refractivity contribution in [3.63, 3.8) is 0 Å². The number of carbonyl (C=O) groups excluding carboxylic acids is 2. The quantitative estimate of drug-likeness (QED) is 0.888. The van der Waals surface area contributed by atoms with Crippen molar-refractivity contribution < 1.29 is 19.1 Å². The van der Waals surface area contributed by atoms with Gasteiger partial charge in [-0.1, -0.05) is 25.3 Å². The van der Waals surface area contributed by atoms with Crippen LogP contribution in [0.25, 0.3) is 0 Å². The van der Waals surface area contributed by atoms with Crippen molar-refractivity contribution in [1.29, 1.82) is 0 Å². The summed E-state index contributed by atoms with van der Waals surface area (Å²) in [6.07, 6.45) is 4.41. The summed E-state index contributed by atoms with van der Waals surface area (Å²) in [4.78, 5) is 24.2. The van der Waals surface area contributed by atoms with Crippen LogP contribution >= 0.6 is 0 Å². The van der Waals surface area contributed by atoms with E-state index in [1.165, 1.54) is 6.92 Å². The van der Waals surface area contributed by atoms with Gasteiger partial charge in [-0.15, -0.1) is 0 Å². The van der Waals surface area contributed by atoms with Gasteiger partial charge in [0.2, 0.25) is 18.6 Å². The standard InChI is InChI=1S/C17H22N2O4/c1-12(20)19-17(7-3-2-4-8-17)16(21)18-10-13-5-6-14-15(9-13)23-11-22-14/h5-6,9H,2-4,7-8,10-11H2,1H3,(H,18,21)(H,19,20). The number of hydrogen-bond acceptors (Lipinski definition) is 4. The molecule has 1 aromatic rings. The van der Waals surface area contributed by atoms with Crippen LogP contribution in [0.1, 0.15) is 44.6 Å². The fourth-order valence-corrected chi connectivity index (χ4v) is 3.30. The predicted octanol–water partition coefficient (Wildman–Crippen LogP) is 1.87. The highest BCUT2D eigenvalue weighted by Crippen LogP contribution is 2.33. The number of rotatable bonds is 4. The summed E-state index contributed by atoms with van der Waals surface area (Å²) in [6.45, 7) is 2.09. The van der Waals surface area contributed by atoms with Gasteiger partial charge in [0.15, 0.2) is 11.5 Å². The molecule has 1 aliphatic heterocycles. The highest BCUT2D eigenvalue weighted by atomic mass is 16.7. The van der Waals surface area contributed by atoms with Crippen LogP contribution in [0, 0.1) is 0 Å². The average molecular weight is 318 g/mol. The summed E-state index contributed by atoms with van der Waals surface area (Å²) in [5.74, 6) is 1.16. The summed E-state index contributed by atoms with van der Waals surface area (Å²) in [7, 11) is 0. The Kier molecular flexibility index (Phi) is 4.41. The Labute approximate surface area is 135 Å². The summed E-state index contributed by atoms with van der Waals surface area (Å²) in [6, 6.07) is 5.61. The van der Waals surface area contributed by atoms with Gasteiger partial charge in [0.25, 0.3) is 0 Å². The molecule has 0 bridgehead atoms. The lowest BCUT2D eigenvalue weighted by molar-refractivity contribution is -0.134. The van der Waals surface area contributed by atoms with Crippen molar-refractivity contribution >= 4 is 11.8 Å². The Hall–Kier alpha value is -2.24. The van der Waals surface area contributed by atoms with Crippen molar-refractivity contribution in [3.05, 3.63) is 23.8 Å². The molecule has 1 fully saturated rings. The molecule has 0 atom stereocenters. The monoisotopic (exact) mass is 318 g/mol. The molecular formula is C17H22N2O4. The van der Waals surface area contributed by atoms with Gasteiger partial charge in [-0.25, -0.2) is 0 Å². The third-order valence-corrected chi connectivity index (χ3v) is 4.45. The van der Waals surface area contributed by atoms with Gasteiger partial charge in [-0.2, -0.15) is 0 Å². The van der Waals surface area contributed by atoms with Gasteiger partial charge in [0.1, 0.15) is 5.54 Å². The maximum Gasteiger partial charge on any atom is 0.246 e. The van der Waals surface area contributed by atoms with E-state index in [-0.39, 0.29) is 18.6 Å². The number of ether oxygens (including phenoxy) is 2. The highest BCUT2D eigenvalue weighted by molar-refractivity contribution is 5.91. The van der Waals surface area contributed by atoms with Gasteiger partial charge in [0.05, 0.1) is 0 Å². The topological polar surface area (TPSA) is 76.7 Å². The summed E-state index contributed by atoms with van der Waals surface area (Å²) in [5, 5.41) is 5.83. The minimum absolute atomic E-state index is 0.106. The first-order chi connectivity index (χ1) is 11.1. The zero-order chi connectivity index (χ0) is 16.3. The van der Waals surface area contributed by atoms with E-state index in [1.807, 2.05) is 18.2 Å². The van der Waals surface area contributed by atoms with Crippen molar-refractivity contribution in [2.45, 2.75) is 51.1 Å². The van der Waals surface area contributed by atoms with Gasteiger partial charge in [-0.3, -0.25) is 9.59 Å². The molecule has 0 radical (unpaired) electrons. The maximum atomic E-state index is 12.7. The Morgan fingerprint density at radius 1 is 1.13 bits per heavy atom. The van der Waals surface area contributed by atoms with Crippen molar-refractivity contribution in [3.8, 4) is 11.5 Å². The first-order valence-electron chi connectivity index (χ1n) is 8.05. The molecule has 1 aromatic carbocycles. The first kappa shape index (κ1) is 15.6. The molecule has 0 aromatic heterocycles. The first-order valence-corrected chi connectivity index (χ1v) is 8.05. The van der Waals surface area contributed by atoms with Gasteiger partial charge < -0.3 is 20.1 Å². The van der Waals surface area contributed by atoms with E-state index in [9.17, 15) is 9.59 Å². The number of benzene rings is 1. The lowest BCUT2D eigenvalue weighted by Gasteiger charge is -2.36. The van der Waals surface area contributed by atoms with E-state index < -0.39 is 5.54 Å². The van der Waals surface area contributed by atoms with Gasteiger partial charge >= 0.3 is 0 Å². The molecule has 1 saturated carbocycles. The summed E-state index contributed by atoms with van der Waals surface area (Å²) < 4.78 is 10.6. The fourth-order valence-electron chi connectivity index (χ4n) is 3.30. The highest BCUT2D eigenvalue weighted by Gasteiger charge is 2.39. The Bertz CT molecular complexity index is 609. The number of amides is 2. The Morgan fingerprint density at radius 2 is 1.87 bits per heavy atom. The molecule has 2 amide bonds. The van der Waals surface area contributed by atoms with Crippen LogP contribution in [-0.2, 0) is 16.1 Å². The van der Waals surface area contributed by atoms with Gasteiger partial charge in [-0.05, 0) is 30.5 Å². The Balaban J connectivity index is 1.66. The van der Waals surface area contributed by atoms with Crippen molar-refractivity contribution in [2.75, 3.05) is 6.79 Å². The minimum Gasteiger partial charge on any atom is -0.454 e. The van der Waals surface area contributed by atoms with Gasteiger partial charge in [0, 0.05) is 13.5 Å². The second kappa shape index (κ2) is 6.48. The number of fused-ring (bicyclic) bond motifs is 1. The van der Waals surface area contributed by atoms with Crippen LogP contribution in [0.5, 0.6) is 11.5 Å². The molecule has 6 heteroatoms. The summed E-state index contributed by atoms with van der Waals surface area (Å²) in [5.41, 5.74) is 0.178. The zero-order valence-corrected chi connectivity index (χ0v) is 13.3. The van der Waals surface area contributed by atoms with Crippen LogP contribution in [0.15, 0.2) is 18.2 Å². The van der Waals surface area contributed by atoms with E-state index in [0.717, 1.165) is 30.6 Å². The lowest BCUT2D eigenvalue weighted by atomic mass is 9.80. The number of nitrogens with one attached hydrogen (secondary N) is 2. The SMILES string of the molecule is CC(=O)NC1(C(=O)NCc2ccc3c(c2)OCO3)CCCCC1. The molecule has 2 N–H and O–H groups in total. The Morgan fingerprint density at radius 3 is 2.61 bits per heavy atom. The van der Waals surface area contributed by atoms with Crippen LogP contribution in [0.4, 0.5) is 0 Å². The third kappa shape index (κ3) is 3.41. The molecule has 1 aliphatic carbocycles. The molecule has 124 valence electrons. The molecule has 2 aliphatic rings. The van der Waals surface area contributed by atoms with E-state index >= 15 is 0 Å². The third-order valence-electron chi connectivity index (χ3n) is 4.45. The largest absolute Gasteiger partial charge is 0.454 e. The summed E-state index contributed by atoms with van der Waals surface area (Å²) >= 11 is 0. The number of hydrogen-bond donors (Lipinski definition) is 2. The smallest absolute Gasteiger partial charge is 0.246 e. The van der Waals surface area contributed by atoms with Crippen molar-refractivity contribution in [2.24, 2.45) is 0 Å². The van der Waals surface area contributed by atoms with Crippen LogP contribution in [0.3, 0.4) is 0 Å². The average Bonchev–Trinajstić information content (AvgIpc) is 3.00. The second-order valence-electron chi connectivity index (χ2n) is 6.19. The van der Waals surface area contributed by atoms with Crippen LogP contribution in [0.2, 0.25) is 0 Å². The van der Waals surface area contributed by atoms with E-state index in [1.54, 1.807) is 0 Å². The van der Waals surface area contributed by atoms with E-state index in [0.29, 0.717) is 25.1 Å². The molecule has 0 unspecified atom stereocenters. The molecule has 6 nitrogen and oxygen atoms in total. The zero-order valence-electron chi connectivity index (χ0n) is 13.3. The number of carbonyl (C=O) groups is 2. The molecule has 1 heterocycles. The normalized spacial score (nSPS) is 18.3. The molecular weight excluding hydrogens is 296 g/mol. The molecule has 23 heavy (non-hydrogen) atoms. The van der Waals surface area contributed by atoms with E-state index in [4.69, 9.17) is 9.47 Å². The fraction of sp³-hybridized carbons (Fsp3) is 0.529. The maximum absolute atomic E-state index is 12.7. The van der Waals surface area contributed by atoms with Crippen LogP contribution in [-0.4, -0.2) is 24.1 Å². The molecule has 3 rings (SSSR count). The predicted molar refractivity (Wildman–Crippen MR) is 84.0 cm³/mol. The molecule has 0 saturated heterocycles.